The summed E-state index contributed by atoms with van der Waals surface area (Å²) in [6, 6.07) is 12.8. The molecule has 1 atom stereocenters. The average molecular weight is 437 g/mol. The number of carbonyl (C=O) groups excluding carboxylic acids is 1. The van der Waals surface area contributed by atoms with Crippen LogP contribution in [0.5, 0.6) is 0 Å². The quantitative estimate of drug-likeness (QED) is 0.579. The fraction of sp³-hybridized carbons (Fsp3) is 0.360. The van der Waals surface area contributed by atoms with Crippen molar-refractivity contribution in [2.24, 2.45) is 0 Å². The topological polar surface area (TPSA) is 41.4 Å². The average Bonchev–Trinajstić information content (AvgIpc) is 3.47. The van der Waals surface area contributed by atoms with Gasteiger partial charge in [0.25, 0.3) is 0 Å². The van der Waals surface area contributed by atoms with Crippen molar-refractivity contribution >= 4 is 6.03 Å². The van der Waals surface area contributed by atoms with E-state index in [1.165, 1.54) is 24.3 Å². The molecule has 2 amide bonds. The van der Waals surface area contributed by atoms with Crippen LogP contribution in [0.3, 0.4) is 0 Å². The minimum atomic E-state index is -0.299. The summed E-state index contributed by atoms with van der Waals surface area (Å²) in [5.74, 6) is -0.570. The number of urea groups is 1. The Labute approximate surface area is 186 Å². The van der Waals surface area contributed by atoms with Crippen LogP contribution in [-0.2, 0) is 13.0 Å². The molecule has 2 aliphatic heterocycles. The Hall–Kier alpha value is -3.22. The van der Waals surface area contributed by atoms with Gasteiger partial charge in [-0.3, -0.25) is 4.68 Å². The fourth-order valence-electron chi connectivity index (χ4n) is 4.76. The highest BCUT2D eigenvalue weighted by atomic mass is 19.1. The van der Waals surface area contributed by atoms with Crippen LogP contribution in [0.2, 0.25) is 0 Å². The molecule has 0 saturated carbocycles. The van der Waals surface area contributed by atoms with Crippen molar-refractivity contribution in [1.29, 1.82) is 0 Å². The third kappa shape index (κ3) is 3.76. The highest BCUT2D eigenvalue weighted by Gasteiger charge is 2.32. The molecule has 0 N–H and O–H groups in total. The lowest BCUT2D eigenvalue weighted by Gasteiger charge is -2.32. The van der Waals surface area contributed by atoms with Crippen LogP contribution in [0.25, 0.3) is 11.3 Å². The summed E-state index contributed by atoms with van der Waals surface area (Å²) in [6.07, 6.45) is 2.80. The van der Waals surface area contributed by atoms with Crippen LogP contribution in [0, 0.1) is 11.6 Å². The van der Waals surface area contributed by atoms with Gasteiger partial charge in [0, 0.05) is 42.9 Å². The summed E-state index contributed by atoms with van der Waals surface area (Å²) < 4.78 is 29.0. The lowest BCUT2D eigenvalue weighted by molar-refractivity contribution is 0.156. The molecule has 1 unspecified atom stereocenters. The zero-order chi connectivity index (χ0) is 22.2. The maximum atomic E-state index is 13.6. The van der Waals surface area contributed by atoms with Crippen LogP contribution in [0.4, 0.5) is 13.6 Å². The zero-order valence-electron chi connectivity index (χ0n) is 18.1. The van der Waals surface area contributed by atoms with Crippen LogP contribution in [-0.4, -0.2) is 45.2 Å². The molecule has 2 aliphatic rings. The minimum Gasteiger partial charge on any atom is -0.325 e. The second kappa shape index (κ2) is 8.37. The summed E-state index contributed by atoms with van der Waals surface area (Å²) in [7, 11) is 0. The molecule has 32 heavy (non-hydrogen) atoms. The molecule has 1 aromatic heterocycles. The molecule has 3 heterocycles. The number of aromatic nitrogens is 2. The number of halogens is 2. The van der Waals surface area contributed by atoms with E-state index in [0.717, 1.165) is 54.0 Å². The Morgan fingerprint density at radius 1 is 0.906 bits per heavy atom. The van der Waals surface area contributed by atoms with Crippen molar-refractivity contribution < 1.29 is 13.6 Å². The second-order valence-corrected chi connectivity index (χ2v) is 8.60. The Morgan fingerprint density at radius 2 is 1.53 bits per heavy atom. The van der Waals surface area contributed by atoms with Crippen molar-refractivity contribution in [3.8, 4) is 11.3 Å². The summed E-state index contributed by atoms with van der Waals surface area (Å²) in [5, 5.41) is 4.93. The molecule has 5 rings (SSSR count). The largest absolute Gasteiger partial charge is 0.325 e. The first-order chi connectivity index (χ1) is 15.5. The van der Waals surface area contributed by atoms with Gasteiger partial charge in [0.1, 0.15) is 11.6 Å². The van der Waals surface area contributed by atoms with Gasteiger partial charge >= 0.3 is 6.03 Å². The van der Waals surface area contributed by atoms with Gasteiger partial charge in [-0.15, -0.1) is 0 Å². The van der Waals surface area contributed by atoms with Crippen LogP contribution in [0.15, 0.2) is 48.5 Å². The normalized spacial score (nSPS) is 16.8. The number of carbonyl (C=O) groups is 1. The zero-order valence-corrected chi connectivity index (χ0v) is 18.1. The minimum absolute atomic E-state index is 0.0811. The standard InChI is InChI=1S/C25H26F2N4O/c1-17(18-4-8-20(26)9-5-18)31-23-12-15-30(25(32)29-13-2-3-14-29)16-22(23)24(28-31)19-6-10-21(27)11-7-19/h4-11,17H,2-3,12-16H2,1H3. The molecule has 166 valence electrons. The van der Waals surface area contributed by atoms with Crippen LogP contribution in [0.1, 0.15) is 42.6 Å². The molecule has 0 radical (unpaired) electrons. The van der Waals surface area contributed by atoms with E-state index in [2.05, 4.69) is 0 Å². The molecule has 0 spiro atoms. The predicted octanol–water partition coefficient (Wildman–Crippen LogP) is 5.01. The maximum Gasteiger partial charge on any atom is 0.320 e. The van der Waals surface area contributed by atoms with Crippen molar-refractivity contribution in [3.05, 3.63) is 77.0 Å². The molecule has 0 bridgehead atoms. The smallest absolute Gasteiger partial charge is 0.320 e. The first-order valence-corrected chi connectivity index (χ1v) is 11.2. The highest BCUT2D eigenvalue weighted by molar-refractivity contribution is 5.76. The Balaban J connectivity index is 1.54. The van der Waals surface area contributed by atoms with Gasteiger partial charge in [0.2, 0.25) is 0 Å². The van der Waals surface area contributed by atoms with E-state index in [0.29, 0.717) is 19.5 Å². The number of hydrogen-bond acceptors (Lipinski definition) is 2. The maximum absolute atomic E-state index is 13.6. The van der Waals surface area contributed by atoms with Crippen LogP contribution >= 0.6 is 0 Å². The van der Waals surface area contributed by atoms with Gasteiger partial charge in [-0.1, -0.05) is 12.1 Å². The number of benzene rings is 2. The van der Waals surface area contributed by atoms with E-state index in [-0.39, 0.29) is 23.7 Å². The molecule has 0 aliphatic carbocycles. The number of rotatable bonds is 3. The Kier molecular flexibility index (Phi) is 5.41. The van der Waals surface area contributed by atoms with E-state index in [4.69, 9.17) is 5.10 Å². The fourth-order valence-corrected chi connectivity index (χ4v) is 4.76. The van der Waals surface area contributed by atoms with Crippen molar-refractivity contribution in [3.63, 3.8) is 0 Å². The summed E-state index contributed by atoms with van der Waals surface area (Å²) in [4.78, 5) is 16.9. The van der Waals surface area contributed by atoms with E-state index < -0.39 is 0 Å². The Bertz CT molecular complexity index is 1120. The summed E-state index contributed by atoms with van der Waals surface area (Å²) in [5.41, 5.74) is 4.63. The summed E-state index contributed by atoms with van der Waals surface area (Å²) in [6.45, 7) is 4.78. The lowest BCUT2D eigenvalue weighted by atomic mass is 10.00. The number of nitrogens with zero attached hydrogens (tertiary/aromatic N) is 4. The number of fused-ring (bicyclic) bond motifs is 1. The molecular formula is C25H26F2N4O. The molecule has 3 aromatic rings. The monoisotopic (exact) mass is 436 g/mol. The van der Waals surface area contributed by atoms with Crippen molar-refractivity contribution in [2.45, 2.75) is 38.8 Å². The predicted molar refractivity (Wildman–Crippen MR) is 118 cm³/mol. The van der Waals surface area contributed by atoms with E-state index >= 15 is 0 Å². The molecule has 5 nitrogen and oxygen atoms in total. The highest BCUT2D eigenvalue weighted by Crippen LogP contribution is 2.34. The first-order valence-electron chi connectivity index (χ1n) is 11.2. The van der Waals surface area contributed by atoms with Gasteiger partial charge in [-0.05, 0) is 61.7 Å². The third-order valence-electron chi connectivity index (χ3n) is 6.57. The third-order valence-corrected chi connectivity index (χ3v) is 6.57. The van der Waals surface area contributed by atoms with E-state index in [1.54, 1.807) is 24.3 Å². The van der Waals surface area contributed by atoms with Crippen LogP contribution < -0.4 is 0 Å². The van der Waals surface area contributed by atoms with Gasteiger partial charge in [-0.25, -0.2) is 13.6 Å². The second-order valence-electron chi connectivity index (χ2n) is 8.60. The number of likely N-dealkylation sites (tertiary alicyclic amines) is 1. The molecule has 2 aromatic carbocycles. The van der Waals surface area contributed by atoms with Gasteiger partial charge in [0.15, 0.2) is 0 Å². The van der Waals surface area contributed by atoms with Crippen molar-refractivity contribution in [2.75, 3.05) is 19.6 Å². The van der Waals surface area contributed by atoms with E-state index in [9.17, 15) is 13.6 Å². The summed E-state index contributed by atoms with van der Waals surface area (Å²) >= 11 is 0. The first kappa shape index (κ1) is 20.7. The molecule has 1 saturated heterocycles. The molecule has 7 heteroatoms. The van der Waals surface area contributed by atoms with Gasteiger partial charge in [-0.2, -0.15) is 5.10 Å². The number of amides is 2. The van der Waals surface area contributed by atoms with Gasteiger partial charge in [0.05, 0.1) is 18.3 Å². The molecular weight excluding hydrogens is 410 g/mol. The lowest BCUT2D eigenvalue weighted by Crippen LogP contribution is -2.44. The van der Waals surface area contributed by atoms with Crippen molar-refractivity contribution in [1.82, 2.24) is 19.6 Å². The molecule has 1 fully saturated rings. The van der Waals surface area contributed by atoms with Gasteiger partial charge < -0.3 is 9.80 Å². The number of hydrogen-bond donors (Lipinski definition) is 0. The van der Waals surface area contributed by atoms with E-state index in [1.807, 2.05) is 21.4 Å². The Morgan fingerprint density at radius 3 is 2.19 bits per heavy atom. The SMILES string of the molecule is CC(c1ccc(F)cc1)n1nc(-c2ccc(F)cc2)c2c1CCN(C(=O)N1CCCC1)C2.